The molecule has 0 aliphatic heterocycles. The maximum Gasteiger partial charge on any atom is 0.419 e. The number of aromatic nitrogens is 3. The van der Waals surface area contributed by atoms with Crippen LogP contribution in [0.5, 0.6) is 5.75 Å². The van der Waals surface area contributed by atoms with Crippen molar-refractivity contribution in [3.8, 4) is 17.0 Å². The van der Waals surface area contributed by atoms with Crippen molar-refractivity contribution < 1.29 is 17.9 Å². The number of halogens is 3. The molecule has 0 bridgehead atoms. The number of rotatable bonds is 8. The molecule has 0 amide bonds. The van der Waals surface area contributed by atoms with Crippen molar-refractivity contribution in [2.45, 2.75) is 6.18 Å². The van der Waals surface area contributed by atoms with Crippen molar-refractivity contribution in [3.05, 3.63) is 54.4 Å². The van der Waals surface area contributed by atoms with E-state index < -0.39 is 11.7 Å². The van der Waals surface area contributed by atoms with Gasteiger partial charge in [0.1, 0.15) is 11.3 Å². The predicted molar refractivity (Wildman–Crippen MR) is 137 cm³/mol. The normalized spacial score (nSPS) is 11.8. The van der Waals surface area contributed by atoms with Gasteiger partial charge < -0.3 is 30.6 Å². The van der Waals surface area contributed by atoms with Gasteiger partial charge in [0.25, 0.3) is 0 Å². The highest BCUT2D eigenvalue weighted by atomic mass is 19.4. The van der Waals surface area contributed by atoms with Gasteiger partial charge in [-0.1, -0.05) is 18.2 Å². The number of methoxy groups -OCH3 is 1. The molecule has 0 spiro atoms. The molecule has 36 heavy (non-hydrogen) atoms. The monoisotopic (exact) mass is 499 g/mol. The van der Waals surface area contributed by atoms with Gasteiger partial charge in [0.2, 0.25) is 5.95 Å². The molecule has 0 saturated carbocycles. The molecule has 2 heterocycles. The second-order valence-corrected chi connectivity index (χ2v) is 8.66. The number of ether oxygens (including phenoxy) is 1. The van der Waals surface area contributed by atoms with Crippen molar-refractivity contribution in [2.24, 2.45) is 0 Å². The van der Waals surface area contributed by atoms with E-state index in [0.29, 0.717) is 33.6 Å². The van der Waals surface area contributed by atoms with E-state index in [9.17, 15) is 13.2 Å². The van der Waals surface area contributed by atoms with Gasteiger partial charge in [-0.05, 0) is 26.2 Å². The van der Waals surface area contributed by atoms with Gasteiger partial charge in [-0.3, -0.25) is 0 Å². The van der Waals surface area contributed by atoms with Gasteiger partial charge in [-0.25, -0.2) is 9.97 Å². The molecule has 0 radical (unpaired) electrons. The van der Waals surface area contributed by atoms with E-state index in [2.05, 4.69) is 25.2 Å². The van der Waals surface area contributed by atoms with E-state index in [1.165, 1.54) is 13.3 Å². The zero-order valence-corrected chi connectivity index (χ0v) is 20.4. The first-order valence-electron chi connectivity index (χ1n) is 11.2. The molecule has 2 aromatic carbocycles. The summed E-state index contributed by atoms with van der Waals surface area (Å²) in [6.07, 6.45) is -2.33. The third-order valence-electron chi connectivity index (χ3n) is 5.83. The second-order valence-electron chi connectivity index (χ2n) is 8.66. The Morgan fingerprint density at radius 1 is 1.11 bits per heavy atom. The quantitative estimate of drug-likeness (QED) is 0.295. The number of likely N-dealkylation sites (N-methyl/N-ethyl adjacent to an activating group) is 2. The Morgan fingerprint density at radius 3 is 2.56 bits per heavy atom. The summed E-state index contributed by atoms with van der Waals surface area (Å²) in [5, 5.41) is 3.60. The van der Waals surface area contributed by atoms with Crippen molar-refractivity contribution in [2.75, 3.05) is 57.3 Å². The van der Waals surface area contributed by atoms with Crippen molar-refractivity contribution in [1.82, 2.24) is 19.9 Å². The van der Waals surface area contributed by atoms with E-state index in [4.69, 9.17) is 10.5 Å². The minimum absolute atomic E-state index is 0.0188. The number of nitrogen functional groups attached to an aromatic ring is 1. The third kappa shape index (κ3) is 5.15. The maximum atomic E-state index is 13.8. The van der Waals surface area contributed by atoms with Crippen LogP contribution >= 0.6 is 0 Å². The first-order chi connectivity index (χ1) is 17.1. The molecule has 0 aliphatic rings. The molecule has 4 rings (SSSR count). The van der Waals surface area contributed by atoms with Crippen molar-refractivity contribution in [1.29, 1.82) is 0 Å². The summed E-state index contributed by atoms with van der Waals surface area (Å²) in [6.45, 7) is 1.57. The third-order valence-corrected chi connectivity index (χ3v) is 5.83. The average molecular weight is 500 g/mol. The molecule has 8 nitrogen and oxygen atoms in total. The fraction of sp³-hybridized carbons (Fsp3) is 0.280. The van der Waals surface area contributed by atoms with E-state index >= 15 is 0 Å². The first kappa shape index (κ1) is 25.1. The van der Waals surface area contributed by atoms with Crippen LogP contribution in [0.3, 0.4) is 0 Å². The number of nitrogens with two attached hydrogens (primary N) is 1. The Kier molecular flexibility index (Phi) is 6.93. The number of hydrogen-bond donors (Lipinski definition) is 3. The topological polar surface area (TPSA) is 95.3 Å². The van der Waals surface area contributed by atoms with E-state index in [0.717, 1.165) is 25.0 Å². The average Bonchev–Trinajstić information content (AvgIpc) is 3.26. The molecule has 0 atom stereocenters. The van der Waals surface area contributed by atoms with Gasteiger partial charge >= 0.3 is 6.18 Å². The maximum absolute atomic E-state index is 13.8. The summed E-state index contributed by atoms with van der Waals surface area (Å²) in [5.41, 5.74) is 7.86. The summed E-state index contributed by atoms with van der Waals surface area (Å²) in [4.78, 5) is 15.3. The number of fused-ring (bicyclic) bond motifs is 1. The Labute approximate surface area is 206 Å². The number of alkyl halides is 3. The van der Waals surface area contributed by atoms with Crippen LogP contribution in [0.25, 0.3) is 22.2 Å². The number of benzene rings is 2. The van der Waals surface area contributed by atoms with Crippen LogP contribution in [-0.2, 0) is 6.18 Å². The number of nitrogens with zero attached hydrogens (tertiary/aromatic N) is 4. The van der Waals surface area contributed by atoms with Gasteiger partial charge in [0.05, 0.1) is 29.9 Å². The number of nitrogens with one attached hydrogen (secondary N) is 2. The second kappa shape index (κ2) is 9.94. The van der Waals surface area contributed by atoms with Crippen molar-refractivity contribution in [3.63, 3.8) is 0 Å². The van der Waals surface area contributed by atoms with Gasteiger partial charge in [0, 0.05) is 55.1 Å². The highest BCUT2D eigenvalue weighted by Gasteiger charge is 2.36. The Balaban J connectivity index is 1.73. The molecular formula is C25H28F3N7O. The van der Waals surface area contributed by atoms with Crippen LogP contribution in [0, 0.1) is 0 Å². The Bertz CT molecular complexity index is 1370. The number of aromatic amines is 1. The van der Waals surface area contributed by atoms with Gasteiger partial charge in [-0.2, -0.15) is 13.2 Å². The number of anilines is 4. The lowest BCUT2D eigenvalue weighted by Gasteiger charge is -2.24. The largest absolute Gasteiger partial charge is 0.494 e. The number of para-hydroxylation sites is 1. The van der Waals surface area contributed by atoms with E-state index in [-0.39, 0.29) is 11.6 Å². The molecule has 11 heteroatoms. The van der Waals surface area contributed by atoms with Crippen LogP contribution in [0.15, 0.2) is 48.8 Å². The molecule has 0 aliphatic carbocycles. The Hall–Kier alpha value is -3.99. The SMILES string of the molecule is COc1cc(N(C)CCN(C)C)c(N)cc1Nc1ncc(C(F)(F)F)c(-c2c[nH]c3ccccc23)n1. The summed E-state index contributed by atoms with van der Waals surface area (Å²) < 4.78 is 47.1. The number of H-pyrrole nitrogens is 1. The number of hydrogen-bond acceptors (Lipinski definition) is 7. The van der Waals surface area contributed by atoms with Crippen LogP contribution in [0.4, 0.5) is 36.2 Å². The lowest BCUT2D eigenvalue weighted by molar-refractivity contribution is -0.137. The molecule has 0 fully saturated rings. The van der Waals surface area contributed by atoms with E-state index in [1.807, 2.05) is 26.0 Å². The molecule has 0 unspecified atom stereocenters. The minimum Gasteiger partial charge on any atom is -0.494 e. The predicted octanol–water partition coefficient (Wildman–Crippen LogP) is 4.98. The lowest BCUT2D eigenvalue weighted by Crippen LogP contribution is -2.29. The highest BCUT2D eigenvalue weighted by Crippen LogP contribution is 2.40. The summed E-state index contributed by atoms with van der Waals surface area (Å²) in [7, 11) is 7.40. The summed E-state index contributed by atoms with van der Waals surface area (Å²) in [6, 6.07) is 10.5. The fourth-order valence-electron chi connectivity index (χ4n) is 3.90. The first-order valence-corrected chi connectivity index (χ1v) is 11.2. The highest BCUT2D eigenvalue weighted by molar-refractivity contribution is 5.95. The van der Waals surface area contributed by atoms with Crippen LogP contribution in [-0.4, -0.2) is 61.2 Å². The zero-order valence-electron chi connectivity index (χ0n) is 20.4. The van der Waals surface area contributed by atoms with Crippen LogP contribution in [0.2, 0.25) is 0 Å². The van der Waals surface area contributed by atoms with Crippen LogP contribution < -0.4 is 20.7 Å². The van der Waals surface area contributed by atoms with Crippen molar-refractivity contribution >= 4 is 33.9 Å². The smallest absolute Gasteiger partial charge is 0.419 e. The zero-order chi connectivity index (χ0) is 26.0. The molecule has 4 aromatic rings. The minimum atomic E-state index is -4.63. The molecule has 2 aromatic heterocycles. The molecule has 190 valence electrons. The lowest BCUT2D eigenvalue weighted by atomic mass is 10.1. The summed E-state index contributed by atoms with van der Waals surface area (Å²) >= 11 is 0. The molecular weight excluding hydrogens is 471 g/mol. The molecule has 0 saturated heterocycles. The Morgan fingerprint density at radius 2 is 1.86 bits per heavy atom. The standard InChI is InChI=1S/C25H28F3N7O/c1-34(2)9-10-35(3)21-12-22(36-4)20(11-18(21)29)32-24-31-14-17(25(26,27)28)23(33-24)16-13-30-19-8-6-5-7-15(16)19/h5-8,11-14,30H,9-10,29H2,1-4H3,(H,31,32,33). The van der Waals surface area contributed by atoms with E-state index in [1.54, 1.807) is 36.4 Å². The fourth-order valence-corrected chi connectivity index (χ4v) is 3.90. The molecule has 4 N–H and O–H groups in total. The van der Waals surface area contributed by atoms with Gasteiger partial charge in [0.15, 0.2) is 0 Å². The van der Waals surface area contributed by atoms with Crippen LogP contribution in [0.1, 0.15) is 5.56 Å². The van der Waals surface area contributed by atoms with Gasteiger partial charge in [-0.15, -0.1) is 0 Å². The summed E-state index contributed by atoms with van der Waals surface area (Å²) in [5.74, 6) is 0.433.